The van der Waals surface area contributed by atoms with Gasteiger partial charge in [0.15, 0.2) is 0 Å². The van der Waals surface area contributed by atoms with Crippen molar-refractivity contribution in [2.75, 3.05) is 23.6 Å². The third-order valence-electron chi connectivity index (χ3n) is 8.28. The van der Waals surface area contributed by atoms with Crippen LogP contribution in [0.2, 0.25) is 0 Å². The van der Waals surface area contributed by atoms with Crippen molar-refractivity contribution in [1.82, 2.24) is 45.7 Å². The van der Waals surface area contributed by atoms with Crippen LogP contribution in [0.4, 0.5) is 10.5 Å². The molecule has 4 amide bonds. The van der Waals surface area contributed by atoms with Crippen LogP contribution in [-0.4, -0.2) is 99.7 Å². The van der Waals surface area contributed by atoms with Gasteiger partial charge in [-0.1, -0.05) is 23.9 Å². The summed E-state index contributed by atoms with van der Waals surface area (Å²) >= 11 is 2.53. The van der Waals surface area contributed by atoms with Crippen LogP contribution in [0.3, 0.4) is 0 Å². The maximum atomic E-state index is 13.8. The fourth-order valence-corrected chi connectivity index (χ4v) is 7.59. The second-order valence-electron chi connectivity index (χ2n) is 13.4. The molecule has 0 spiro atoms. The number of phenolic OH excluding ortho intramolecular Hbond substituents is 1. The number of thioether (sulfide) groups is 2. The molecule has 1 saturated carbocycles. The SMILES string of the molecule is Cn1nnnc1SCC1=C(C(=O)OCOC(=O)C(C)(C)C)N2C(=O)C(NC(=O)[C@H](NC(=O)Nc3cnc(C4CC4)[nH]c3=O)c3ccc(O)cc3)[C@H]2SC1. The molecule has 1 unspecified atom stereocenters. The third kappa shape index (κ3) is 8.46. The smallest absolute Gasteiger partial charge is 0.357 e. The number of hydrogen-bond donors (Lipinski definition) is 5. The van der Waals surface area contributed by atoms with Gasteiger partial charge in [0.1, 0.15) is 40.4 Å². The molecule has 1 aromatic carbocycles. The van der Waals surface area contributed by atoms with Crippen molar-refractivity contribution in [2.24, 2.45) is 12.5 Å². The van der Waals surface area contributed by atoms with Crippen LogP contribution in [0.15, 0.2) is 51.7 Å². The summed E-state index contributed by atoms with van der Waals surface area (Å²) in [5, 5.41) is 28.5. The zero-order chi connectivity index (χ0) is 38.0. The Labute approximate surface area is 310 Å². The lowest BCUT2D eigenvalue weighted by Gasteiger charge is -2.50. The van der Waals surface area contributed by atoms with Gasteiger partial charge in [-0.25, -0.2) is 19.3 Å². The molecule has 0 bridgehead atoms. The molecule has 3 atom stereocenters. The number of H-pyrrole nitrogens is 1. The Hall–Kier alpha value is -5.44. The number of benzene rings is 1. The standard InChI is InChI=1S/C32H36N10O9S2/c1-32(2,3)29(48)51-14-50-28(47)22-17(13-53-31-38-39-40-41(31)4)12-52-27-21(26(46)42(22)27)35-25(45)20(15-7-9-18(43)10-8-15)36-30(49)34-19-11-33-23(16-5-6-16)37-24(19)44/h7-11,16,20-21,27,43H,5-6,12-14H2,1-4H3,(H,35,45)(H,33,37,44)(H2,34,36,49)/t20-,21?,27-/m1/s1. The molecule has 2 aliphatic heterocycles. The van der Waals surface area contributed by atoms with E-state index in [-0.39, 0.29) is 40.1 Å². The second-order valence-corrected chi connectivity index (χ2v) is 15.4. The molecule has 0 radical (unpaired) electrons. The van der Waals surface area contributed by atoms with Crippen LogP contribution < -0.4 is 21.5 Å². The van der Waals surface area contributed by atoms with E-state index in [2.05, 4.69) is 41.4 Å². The number of amides is 4. The number of phenols is 1. The summed E-state index contributed by atoms with van der Waals surface area (Å²) in [5.74, 6) is -1.80. The molecular formula is C32H36N10O9S2. The number of ether oxygens (including phenoxy) is 2. The Morgan fingerprint density at radius 1 is 1.13 bits per heavy atom. The maximum Gasteiger partial charge on any atom is 0.357 e. The van der Waals surface area contributed by atoms with Crippen LogP contribution in [0.1, 0.15) is 57.0 Å². The fourth-order valence-electron chi connectivity index (χ4n) is 5.25. The lowest BCUT2D eigenvalue weighted by Crippen LogP contribution is -2.71. The molecule has 3 aromatic rings. The topological polar surface area (TPSA) is 253 Å². The number of aromatic amines is 1. The average molecular weight is 769 g/mol. The quantitative estimate of drug-likeness (QED) is 0.0753. The monoisotopic (exact) mass is 768 g/mol. The highest BCUT2D eigenvalue weighted by molar-refractivity contribution is 8.01. The van der Waals surface area contributed by atoms with E-state index in [4.69, 9.17) is 9.47 Å². The van der Waals surface area contributed by atoms with E-state index in [1.807, 2.05) is 0 Å². The van der Waals surface area contributed by atoms with Gasteiger partial charge in [0, 0.05) is 24.5 Å². The Kier molecular flexibility index (Phi) is 10.8. The molecule has 53 heavy (non-hydrogen) atoms. The highest BCUT2D eigenvalue weighted by Crippen LogP contribution is 2.42. The Morgan fingerprint density at radius 2 is 1.87 bits per heavy atom. The number of anilines is 1. The number of carbonyl (C=O) groups is 5. The molecule has 4 heterocycles. The van der Waals surface area contributed by atoms with Crippen LogP contribution in [0.25, 0.3) is 0 Å². The molecule has 2 fully saturated rings. The molecule has 21 heteroatoms. The first-order chi connectivity index (χ1) is 25.2. The highest BCUT2D eigenvalue weighted by Gasteiger charge is 2.55. The summed E-state index contributed by atoms with van der Waals surface area (Å²) in [6.45, 7) is 4.26. The van der Waals surface area contributed by atoms with Crippen molar-refractivity contribution in [3.05, 3.63) is 63.5 Å². The first-order valence-electron chi connectivity index (χ1n) is 16.3. The molecule has 3 aliphatic rings. The van der Waals surface area contributed by atoms with Crippen molar-refractivity contribution >= 4 is 59.0 Å². The minimum Gasteiger partial charge on any atom is -0.508 e. The van der Waals surface area contributed by atoms with E-state index in [1.54, 1.807) is 27.8 Å². The van der Waals surface area contributed by atoms with E-state index >= 15 is 0 Å². The van der Waals surface area contributed by atoms with Gasteiger partial charge in [-0.3, -0.25) is 24.1 Å². The summed E-state index contributed by atoms with van der Waals surface area (Å²) < 4.78 is 11.8. The lowest BCUT2D eigenvalue weighted by atomic mass is 9.98. The van der Waals surface area contributed by atoms with Crippen molar-refractivity contribution in [2.45, 2.75) is 62.1 Å². The lowest BCUT2D eigenvalue weighted by molar-refractivity contribution is -0.173. The predicted octanol–water partition coefficient (Wildman–Crippen LogP) is 1.28. The van der Waals surface area contributed by atoms with Gasteiger partial charge in [0.25, 0.3) is 11.5 Å². The first kappa shape index (κ1) is 37.3. The van der Waals surface area contributed by atoms with Crippen LogP contribution in [0.5, 0.6) is 5.75 Å². The number of aromatic nitrogens is 6. The van der Waals surface area contributed by atoms with E-state index in [9.17, 15) is 33.9 Å². The number of aryl methyl sites for hydroxylation is 1. The first-order valence-corrected chi connectivity index (χ1v) is 18.4. The number of fused-ring (bicyclic) bond motifs is 1. The van der Waals surface area contributed by atoms with Gasteiger partial charge in [-0.2, -0.15) is 0 Å². The Morgan fingerprint density at radius 3 is 2.51 bits per heavy atom. The second kappa shape index (κ2) is 15.3. The van der Waals surface area contributed by atoms with Crippen LogP contribution >= 0.6 is 23.5 Å². The van der Waals surface area contributed by atoms with Crippen molar-refractivity contribution in [3.63, 3.8) is 0 Å². The van der Waals surface area contributed by atoms with Gasteiger partial charge in [-0.05, 0) is 67.3 Å². The normalized spacial score (nSPS) is 18.7. The molecule has 1 saturated heterocycles. The van der Waals surface area contributed by atoms with E-state index in [0.29, 0.717) is 16.6 Å². The molecule has 1 aliphatic carbocycles. The molecular weight excluding hydrogens is 733 g/mol. The Balaban J connectivity index is 1.17. The zero-order valence-electron chi connectivity index (χ0n) is 28.9. The van der Waals surface area contributed by atoms with Gasteiger partial charge in [0.05, 0.1) is 11.6 Å². The van der Waals surface area contributed by atoms with E-state index in [0.717, 1.165) is 12.8 Å². The fraction of sp³-hybridized carbons (Fsp3) is 0.438. The third-order valence-corrected chi connectivity index (χ3v) is 10.7. The predicted molar refractivity (Wildman–Crippen MR) is 188 cm³/mol. The zero-order valence-corrected chi connectivity index (χ0v) is 30.6. The summed E-state index contributed by atoms with van der Waals surface area (Å²) in [6.07, 6.45) is 3.07. The molecule has 6 rings (SSSR count). The minimum atomic E-state index is -1.38. The van der Waals surface area contributed by atoms with Gasteiger partial charge >= 0.3 is 18.0 Å². The summed E-state index contributed by atoms with van der Waals surface area (Å²) in [4.78, 5) is 87.0. The highest BCUT2D eigenvalue weighted by atomic mass is 32.2. The summed E-state index contributed by atoms with van der Waals surface area (Å²) in [7, 11) is 1.65. The number of carbonyl (C=O) groups excluding carboxylic acids is 5. The van der Waals surface area contributed by atoms with Crippen LogP contribution in [-0.2, 0) is 35.7 Å². The number of nitrogens with zero attached hydrogens (tertiary/aromatic N) is 6. The van der Waals surface area contributed by atoms with Crippen molar-refractivity contribution in [1.29, 1.82) is 0 Å². The minimum absolute atomic E-state index is 0.0576. The number of rotatable bonds is 12. The Bertz CT molecular complexity index is 2020. The van der Waals surface area contributed by atoms with Gasteiger partial charge in [0.2, 0.25) is 17.9 Å². The molecule has 280 valence electrons. The number of esters is 2. The average Bonchev–Trinajstić information content (AvgIpc) is 3.89. The van der Waals surface area contributed by atoms with E-state index < -0.39 is 65.0 Å². The van der Waals surface area contributed by atoms with Crippen molar-refractivity contribution < 1.29 is 38.6 Å². The van der Waals surface area contributed by atoms with E-state index in [1.165, 1.54) is 63.6 Å². The molecule has 5 N–H and O–H groups in total. The molecule has 2 aromatic heterocycles. The van der Waals surface area contributed by atoms with Gasteiger partial charge < -0.3 is 35.5 Å². The molecule has 19 nitrogen and oxygen atoms in total. The number of urea groups is 1. The summed E-state index contributed by atoms with van der Waals surface area (Å²) in [5.41, 5.74) is -0.802. The largest absolute Gasteiger partial charge is 0.508 e. The number of β-lactam (4-membered cyclic amide) rings is 1. The number of tetrazole rings is 1. The number of nitrogens with one attached hydrogen (secondary N) is 4. The number of aromatic hydroxyl groups is 1. The number of hydrogen-bond acceptors (Lipinski definition) is 15. The summed E-state index contributed by atoms with van der Waals surface area (Å²) in [6, 6.07) is 2.09. The van der Waals surface area contributed by atoms with Gasteiger partial charge in [-0.15, -0.1) is 16.9 Å². The maximum absolute atomic E-state index is 13.8. The van der Waals surface area contributed by atoms with Crippen LogP contribution in [0, 0.1) is 5.41 Å². The van der Waals surface area contributed by atoms with Crippen molar-refractivity contribution in [3.8, 4) is 5.75 Å².